The molecule has 0 unspecified atom stereocenters. The van der Waals surface area contributed by atoms with E-state index in [4.69, 9.17) is 10.5 Å². The summed E-state index contributed by atoms with van der Waals surface area (Å²) >= 11 is 0. The lowest BCUT2D eigenvalue weighted by atomic mass is 10.1. The molecule has 6 heteroatoms. The maximum Gasteiger partial charge on any atom is 0.410 e. The summed E-state index contributed by atoms with van der Waals surface area (Å²) in [5, 5.41) is 3.28. The summed E-state index contributed by atoms with van der Waals surface area (Å²) < 4.78 is 5.40. The number of nitrogens with one attached hydrogen (secondary N) is 1. The minimum Gasteiger partial charge on any atom is -0.445 e. The van der Waals surface area contributed by atoms with Gasteiger partial charge in [-0.05, 0) is 43.6 Å². The van der Waals surface area contributed by atoms with E-state index in [0.717, 1.165) is 31.5 Å². The number of piperidine rings is 1. The molecule has 0 spiro atoms. The number of amides is 2. The van der Waals surface area contributed by atoms with Gasteiger partial charge in [0.15, 0.2) is 0 Å². The molecule has 0 aromatic heterocycles. The number of carbonyl (C=O) groups is 2. The minimum atomic E-state index is -0.475. The van der Waals surface area contributed by atoms with E-state index in [2.05, 4.69) is 11.9 Å². The Morgan fingerprint density at radius 3 is 2.40 bits per heavy atom. The molecule has 138 valence electrons. The highest BCUT2D eigenvalue weighted by atomic mass is 16.6. The fraction of sp³-hybridized carbons (Fsp3) is 0.474. The highest BCUT2D eigenvalue weighted by Crippen LogP contribution is 2.14. The van der Waals surface area contributed by atoms with Gasteiger partial charge < -0.3 is 20.7 Å². The van der Waals surface area contributed by atoms with E-state index in [1.165, 1.54) is 0 Å². The van der Waals surface area contributed by atoms with Crippen LogP contribution in [0.5, 0.6) is 0 Å². The van der Waals surface area contributed by atoms with Crippen LogP contribution in [0.25, 0.3) is 0 Å². The molecule has 3 N–H and O–H groups in total. The van der Waals surface area contributed by atoms with Crippen LogP contribution in [0.2, 0.25) is 0 Å². The van der Waals surface area contributed by atoms with Crippen molar-refractivity contribution in [1.29, 1.82) is 0 Å². The number of carbonyl (C=O) groups excluding carboxylic acids is 2. The Balaban J connectivity index is 0.00000151. The normalized spacial score (nSPS) is 14.0. The van der Waals surface area contributed by atoms with E-state index in [-0.39, 0.29) is 18.7 Å². The highest BCUT2D eigenvalue weighted by Gasteiger charge is 2.25. The monoisotopic (exact) mass is 347 g/mol. The van der Waals surface area contributed by atoms with Crippen molar-refractivity contribution in [2.75, 3.05) is 19.6 Å². The molecule has 0 saturated carbocycles. The van der Waals surface area contributed by atoms with Crippen LogP contribution in [-0.4, -0.2) is 42.6 Å². The third-order valence-electron chi connectivity index (χ3n) is 3.91. The zero-order chi connectivity index (χ0) is 18.7. The molecule has 0 aliphatic carbocycles. The standard InChI is InChI=1S/C17H23N3O3.C2H6/c1-2-11-20(15-7-9-19-10-8-15)17(22)23-12-13-3-5-14(6-4-13)16(18)21;1-2/h2-6,15,19H,1,7-12H2,(H2,18,21);1-2H3. The van der Waals surface area contributed by atoms with Gasteiger partial charge in [0.2, 0.25) is 5.91 Å². The molecule has 1 aliphatic heterocycles. The Morgan fingerprint density at radius 2 is 1.88 bits per heavy atom. The van der Waals surface area contributed by atoms with Gasteiger partial charge in [-0.1, -0.05) is 32.1 Å². The second-order valence-corrected chi connectivity index (χ2v) is 5.54. The molecule has 2 amide bonds. The van der Waals surface area contributed by atoms with Crippen LogP contribution in [0.3, 0.4) is 0 Å². The van der Waals surface area contributed by atoms with Gasteiger partial charge in [-0.3, -0.25) is 4.79 Å². The average molecular weight is 347 g/mol. The number of rotatable bonds is 6. The van der Waals surface area contributed by atoms with Crippen molar-refractivity contribution in [1.82, 2.24) is 10.2 Å². The van der Waals surface area contributed by atoms with Gasteiger partial charge in [0.25, 0.3) is 0 Å². The Kier molecular flexibility index (Phi) is 9.32. The van der Waals surface area contributed by atoms with Gasteiger partial charge in [-0.2, -0.15) is 0 Å². The van der Waals surface area contributed by atoms with E-state index in [0.29, 0.717) is 12.1 Å². The lowest BCUT2D eigenvalue weighted by Crippen LogP contribution is -2.46. The molecule has 1 fully saturated rings. The largest absolute Gasteiger partial charge is 0.445 e. The van der Waals surface area contributed by atoms with Crippen molar-refractivity contribution in [2.45, 2.75) is 39.3 Å². The predicted octanol–water partition coefficient (Wildman–Crippen LogP) is 2.69. The topological polar surface area (TPSA) is 84.7 Å². The highest BCUT2D eigenvalue weighted by molar-refractivity contribution is 5.92. The van der Waals surface area contributed by atoms with Gasteiger partial charge in [0.05, 0.1) is 0 Å². The van der Waals surface area contributed by atoms with Crippen molar-refractivity contribution >= 4 is 12.0 Å². The third-order valence-corrected chi connectivity index (χ3v) is 3.91. The van der Waals surface area contributed by atoms with Crippen LogP contribution < -0.4 is 11.1 Å². The number of hydrogen-bond acceptors (Lipinski definition) is 4. The van der Waals surface area contributed by atoms with Crippen molar-refractivity contribution in [2.24, 2.45) is 5.73 Å². The van der Waals surface area contributed by atoms with Gasteiger partial charge in [0, 0.05) is 18.2 Å². The van der Waals surface area contributed by atoms with E-state index < -0.39 is 5.91 Å². The molecule has 0 atom stereocenters. The molecule has 25 heavy (non-hydrogen) atoms. The van der Waals surface area contributed by atoms with Crippen LogP contribution in [0, 0.1) is 0 Å². The van der Waals surface area contributed by atoms with Crippen molar-refractivity contribution in [3.8, 4) is 0 Å². The molecule has 1 aliphatic rings. The quantitative estimate of drug-likeness (QED) is 0.775. The van der Waals surface area contributed by atoms with Crippen LogP contribution in [0.4, 0.5) is 4.79 Å². The van der Waals surface area contributed by atoms with E-state index in [9.17, 15) is 9.59 Å². The summed E-state index contributed by atoms with van der Waals surface area (Å²) in [6.45, 7) is 10.2. The van der Waals surface area contributed by atoms with E-state index in [1.54, 1.807) is 35.2 Å². The molecule has 1 saturated heterocycles. The summed E-state index contributed by atoms with van der Waals surface area (Å²) in [5.41, 5.74) is 6.44. The first-order valence-corrected chi connectivity index (χ1v) is 8.75. The smallest absolute Gasteiger partial charge is 0.410 e. The van der Waals surface area contributed by atoms with E-state index in [1.807, 2.05) is 13.8 Å². The lowest BCUT2D eigenvalue weighted by molar-refractivity contribution is 0.0786. The molecule has 0 radical (unpaired) electrons. The summed E-state index contributed by atoms with van der Waals surface area (Å²) in [6.07, 6.45) is 3.20. The first-order chi connectivity index (χ1) is 12.1. The maximum absolute atomic E-state index is 12.3. The Morgan fingerprint density at radius 1 is 1.28 bits per heavy atom. The summed E-state index contributed by atoms with van der Waals surface area (Å²) in [5.74, 6) is -0.475. The molecule has 1 aromatic rings. The Hall–Kier alpha value is -2.34. The summed E-state index contributed by atoms with van der Waals surface area (Å²) in [4.78, 5) is 25.1. The second-order valence-electron chi connectivity index (χ2n) is 5.54. The number of benzene rings is 1. The van der Waals surface area contributed by atoms with Gasteiger partial charge in [-0.15, -0.1) is 6.58 Å². The Bertz CT molecular complexity index is 552. The van der Waals surface area contributed by atoms with Gasteiger partial charge in [0.1, 0.15) is 6.61 Å². The lowest BCUT2D eigenvalue weighted by Gasteiger charge is -2.33. The summed E-state index contributed by atoms with van der Waals surface area (Å²) in [7, 11) is 0. The molecule has 0 bridgehead atoms. The van der Waals surface area contributed by atoms with Gasteiger partial charge in [-0.25, -0.2) is 4.79 Å². The molecule has 1 aromatic carbocycles. The van der Waals surface area contributed by atoms with Crippen LogP contribution >= 0.6 is 0 Å². The number of ether oxygens (including phenoxy) is 1. The third kappa shape index (κ3) is 6.58. The molecule has 6 nitrogen and oxygen atoms in total. The maximum atomic E-state index is 12.3. The molecule has 1 heterocycles. The number of nitrogens with two attached hydrogens (primary N) is 1. The van der Waals surface area contributed by atoms with Crippen LogP contribution in [0.1, 0.15) is 42.6 Å². The van der Waals surface area contributed by atoms with Crippen LogP contribution in [-0.2, 0) is 11.3 Å². The van der Waals surface area contributed by atoms with Gasteiger partial charge >= 0.3 is 6.09 Å². The first kappa shape index (κ1) is 20.7. The Labute approximate surface area is 150 Å². The fourth-order valence-corrected chi connectivity index (χ4v) is 2.62. The number of nitrogens with zero attached hydrogens (tertiary/aromatic N) is 1. The number of hydrogen-bond donors (Lipinski definition) is 2. The molecular weight excluding hydrogens is 318 g/mol. The first-order valence-electron chi connectivity index (χ1n) is 8.75. The molecular formula is C19H29N3O3. The zero-order valence-electron chi connectivity index (χ0n) is 15.2. The van der Waals surface area contributed by atoms with Crippen molar-refractivity contribution in [3.63, 3.8) is 0 Å². The van der Waals surface area contributed by atoms with Crippen LogP contribution in [0.15, 0.2) is 36.9 Å². The summed E-state index contributed by atoms with van der Waals surface area (Å²) in [6, 6.07) is 6.89. The zero-order valence-corrected chi connectivity index (χ0v) is 15.2. The van der Waals surface area contributed by atoms with Crippen molar-refractivity contribution < 1.29 is 14.3 Å². The average Bonchev–Trinajstić information content (AvgIpc) is 2.66. The predicted molar refractivity (Wildman–Crippen MR) is 99.3 cm³/mol. The minimum absolute atomic E-state index is 0.163. The SMILES string of the molecule is C=CCN(C(=O)OCc1ccc(C(N)=O)cc1)C1CCNCC1.CC. The number of primary amides is 1. The van der Waals surface area contributed by atoms with E-state index >= 15 is 0 Å². The fourth-order valence-electron chi connectivity index (χ4n) is 2.62. The van der Waals surface area contributed by atoms with Crippen molar-refractivity contribution in [3.05, 3.63) is 48.0 Å². The molecule has 2 rings (SSSR count). The second kappa shape index (κ2) is 11.3.